The average molecular weight is 416 g/mol. The van der Waals surface area contributed by atoms with Crippen molar-refractivity contribution in [2.45, 2.75) is 37.9 Å². The van der Waals surface area contributed by atoms with Gasteiger partial charge in [0.1, 0.15) is 0 Å². The first-order chi connectivity index (χ1) is 13.6. The summed E-state index contributed by atoms with van der Waals surface area (Å²) in [7, 11) is 0. The van der Waals surface area contributed by atoms with E-state index in [1.165, 1.54) is 5.56 Å². The number of rotatable bonds is 4. The Hall–Kier alpha value is -1.95. The predicted octanol–water partition coefficient (Wildman–Crippen LogP) is 3.44. The minimum atomic E-state index is -0.201. The van der Waals surface area contributed by atoms with Gasteiger partial charge in [-0.15, -0.1) is 12.4 Å². The number of piperidine rings is 1. The number of amides is 1. The van der Waals surface area contributed by atoms with Crippen molar-refractivity contribution < 1.29 is 9.53 Å². The van der Waals surface area contributed by atoms with E-state index in [0.29, 0.717) is 13.1 Å². The van der Waals surface area contributed by atoms with Crippen LogP contribution in [-0.2, 0) is 11.2 Å². The number of halogens is 1. The number of carbonyl (C=O) groups is 1. The lowest BCUT2D eigenvalue weighted by atomic mass is 9.88. The molecule has 1 amide bonds. The highest BCUT2D eigenvalue weighted by atomic mass is 35.5. The van der Waals surface area contributed by atoms with Gasteiger partial charge in [-0.3, -0.25) is 9.78 Å². The molecule has 3 heterocycles. The van der Waals surface area contributed by atoms with Gasteiger partial charge < -0.3 is 14.5 Å². The van der Waals surface area contributed by atoms with Crippen molar-refractivity contribution in [1.29, 1.82) is 0 Å². The maximum Gasteiger partial charge on any atom is 0.254 e. The van der Waals surface area contributed by atoms with Crippen LogP contribution >= 0.6 is 12.4 Å². The molecule has 1 aromatic carbocycles. The fourth-order valence-electron chi connectivity index (χ4n) is 4.44. The maximum atomic E-state index is 12.9. The first-order valence-corrected chi connectivity index (χ1v) is 10.3. The summed E-state index contributed by atoms with van der Waals surface area (Å²) in [5, 5.41) is 0. The van der Waals surface area contributed by atoms with E-state index >= 15 is 0 Å². The molecule has 0 aliphatic carbocycles. The van der Waals surface area contributed by atoms with E-state index in [9.17, 15) is 4.79 Å². The number of hydrogen-bond donors (Lipinski definition) is 0. The first-order valence-electron chi connectivity index (χ1n) is 10.3. The molecule has 1 atom stereocenters. The zero-order valence-electron chi connectivity index (χ0n) is 17.0. The van der Waals surface area contributed by atoms with Crippen molar-refractivity contribution in [3.05, 3.63) is 66.0 Å². The molecule has 2 aromatic rings. The number of pyridine rings is 1. The average Bonchev–Trinajstić information content (AvgIpc) is 2.74. The van der Waals surface area contributed by atoms with E-state index in [1.54, 1.807) is 0 Å². The van der Waals surface area contributed by atoms with Crippen LogP contribution in [0.3, 0.4) is 0 Å². The zero-order valence-corrected chi connectivity index (χ0v) is 17.8. The van der Waals surface area contributed by atoms with Crippen molar-refractivity contribution in [3.8, 4) is 0 Å². The molecule has 0 saturated carbocycles. The predicted molar refractivity (Wildman–Crippen MR) is 116 cm³/mol. The minimum Gasteiger partial charge on any atom is -0.368 e. The number of aromatic nitrogens is 1. The van der Waals surface area contributed by atoms with Gasteiger partial charge in [-0.1, -0.05) is 24.3 Å². The Morgan fingerprint density at radius 2 is 1.93 bits per heavy atom. The Morgan fingerprint density at radius 3 is 2.62 bits per heavy atom. The number of nitrogens with zero attached hydrogens (tertiary/aromatic N) is 3. The van der Waals surface area contributed by atoms with Gasteiger partial charge in [-0.05, 0) is 49.9 Å². The highest BCUT2D eigenvalue weighted by Crippen LogP contribution is 2.33. The number of ether oxygens (including phenoxy) is 1. The van der Waals surface area contributed by atoms with Gasteiger partial charge in [0.2, 0.25) is 0 Å². The van der Waals surface area contributed by atoms with Crippen LogP contribution in [0.25, 0.3) is 0 Å². The van der Waals surface area contributed by atoms with Crippen molar-refractivity contribution in [1.82, 2.24) is 14.8 Å². The van der Waals surface area contributed by atoms with Crippen molar-refractivity contribution >= 4 is 18.3 Å². The van der Waals surface area contributed by atoms with Crippen molar-refractivity contribution in [2.75, 3.05) is 32.7 Å². The van der Waals surface area contributed by atoms with Crippen LogP contribution in [0.1, 0.15) is 35.7 Å². The Balaban J connectivity index is 0.00000240. The first kappa shape index (κ1) is 21.8. The van der Waals surface area contributed by atoms with Gasteiger partial charge in [0.05, 0.1) is 18.2 Å². The molecule has 2 saturated heterocycles. The number of morpholine rings is 1. The van der Waals surface area contributed by atoms with Crippen LogP contribution in [0.15, 0.2) is 54.9 Å². The van der Waals surface area contributed by atoms with E-state index in [1.807, 2.05) is 53.7 Å². The van der Waals surface area contributed by atoms with Gasteiger partial charge in [0.25, 0.3) is 5.91 Å². The van der Waals surface area contributed by atoms with E-state index in [4.69, 9.17) is 4.74 Å². The number of carbonyl (C=O) groups excluding carboxylic acids is 1. The number of hydrogen-bond acceptors (Lipinski definition) is 4. The summed E-state index contributed by atoms with van der Waals surface area (Å²) in [6.45, 7) is 6.52. The third-order valence-corrected chi connectivity index (χ3v) is 5.92. The van der Waals surface area contributed by atoms with Crippen LogP contribution in [0, 0.1) is 0 Å². The molecule has 0 N–H and O–H groups in total. The molecule has 156 valence electrons. The summed E-state index contributed by atoms with van der Waals surface area (Å²) in [5.74, 6) is 0.120. The standard InChI is InChI=1S/C23H29N3O2.ClH/c1-19-17-26(22(27)21-7-3-2-4-8-21)18-23(28-19)10-14-25(15-11-23)13-9-20-6-5-12-24-16-20;/h2-8,12,16,19H,9-11,13-15,17-18H2,1H3;1H. The van der Waals surface area contributed by atoms with Crippen molar-refractivity contribution in [3.63, 3.8) is 0 Å². The maximum absolute atomic E-state index is 12.9. The Kier molecular flexibility index (Phi) is 7.28. The monoisotopic (exact) mass is 415 g/mol. The van der Waals surface area contributed by atoms with Crippen LogP contribution in [-0.4, -0.2) is 65.1 Å². The fraction of sp³-hybridized carbons (Fsp3) is 0.478. The van der Waals surface area contributed by atoms with Crippen LogP contribution in [0.5, 0.6) is 0 Å². The Labute approximate surface area is 179 Å². The number of benzene rings is 1. The summed E-state index contributed by atoms with van der Waals surface area (Å²) < 4.78 is 6.41. The highest BCUT2D eigenvalue weighted by Gasteiger charge is 2.43. The van der Waals surface area contributed by atoms with Gasteiger partial charge in [-0.2, -0.15) is 0 Å². The molecule has 0 radical (unpaired) electrons. The molecule has 2 aliphatic heterocycles. The Bertz CT molecular complexity index is 779. The third-order valence-electron chi connectivity index (χ3n) is 5.92. The molecule has 0 bridgehead atoms. The summed E-state index contributed by atoms with van der Waals surface area (Å²) >= 11 is 0. The van der Waals surface area contributed by atoms with Gasteiger partial charge in [-0.25, -0.2) is 0 Å². The summed E-state index contributed by atoms with van der Waals surface area (Å²) in [6.07, 6.45) is 6.81. The molecular weight excluding hydrogens is 386 g/mol. The fourth-order valence-corrected chi connectivity index (χ4v) is 4.44. The molecule has 5 nitrogen and oxygen atoms in total. The number of likely N-dealkylation sites (tertiary alicyclic amines) is 1. The quantitative estimate of drug-likeness (QED) is 0.767. The Morgan fingerprint density at radius 1 is 1.17 bits per heavy atom. The van der Waals surface area contributed by atoms with E-state index in [2.05, 4.69) is 22.9 Å². The van der Waals surface area contributed by atoms with Crippen LogP contribution in [0.4, 0.5) is 0 Å². The van der Waals surface area contributed by atoms with E-state index in [0.717, 1.165) is 44.5 Å². The second-order valence-electron chi connectivity index (χ2n) is 8.12. The molecule has 6 heteroatoms. The SMILES string of the molecule is CC1CN(C(=O)c2ccccc2)CC2(CCN(CCc3cccnc3)CC2)O1.Cl. The molecule has 1 spiro atoms. The van der Waals surface area contributed by atoms with Crippen molar-refractivity contribution in [2.24, 2.45) is 0 Å². The zero-order chi connectivity index (χ0) is 19.4. The largest absolute Gasteiger partial charge is 0.368 e. The second kappa shape index (κ2) is 9.70. The molecule has 1 aromatic heterocycles. The summed E-state index contributed by atoms with van der Waals surface area (Å²) in [6, 6.07) is 13.7. The third kappa shape index (κ3) is 5.35. The highest BCUT2D eigenvalue weighted by molar-refractivity contribution is 5.94. The summed E-state index contributed by atoms with van der Waals surface area (Å²) in [4.78, 5) is 21.6. The molecule has 29 heavy (non-hydrogen) atoms. The minimum absolute atomic E-state index is 0. The normalized spacial score (nSPS) is 21.6. The van der Waals surface area contributed by atoms with Gasteiger partial charge >= 0.3 is 0 Å². The molecular formula is C23H30ClN3O2. The van der Waals surface area contributed by atoms with Gasteiger partial charge in [0, 0.05) is 44.1 Å². The lowest BCUT2D eigenvalue weighted by Gasteiger charge is -2.49. The molecule has 2 aliphatic rings. The second-order valence-corrected chi connectivity index (χ2v) is 8.12. The van der Waals surface area contributed by atoms with E-state index < -0.39 is 0 Å². The lowest BCUT2D eigenvalue weighted by Crippen LogP contribution is -2.60. The van der Waals surface area contributed by atoms with Crippen LogP contribution in [0.2, 0.25) is 0 Å². The smallest absolute Gasteiger partial charge is 0.254 e. The van der Waals surface area contributed by atoms with Gasteiger partial charge in [0.15, 0.2) is 0 Å². The molecule has 2 fully saturated rings. The lowest BCUT2D eigenvalue weighted by molar-refractivity contribution is -0.161. The summed E-state index contributed by atoms with van der Waals surface area (Å²) in [5.41, 5.74) is 1.85. The topological polar surface area (TPSA) is 45.7 Å². The molecule has 1 unspecified atom stereocenters. The molecule has 4 rings (SSSR count). The van der Waals surface area contributed by atoms with Crippen LogP contribution < -0.4 is 0 Å². The van der Waals surface area contributed by atoms with E-state index in [-0.39, 0.29) is 30.0 Å².